The second-order valence-electron chi connectivity index (χ2n) is 6.09. The van der Waals surface area contributed by atoms with Crippen LogP contribution < -0.4 is 5.73 Å². The number of ether oxygens (including phenoxy) is 1. The van der Waals surface area contributed by atoms with Crippen LogP contribution in [0.25, 0.3) is 21.8 Å². The van der Waals surface area contributed by atoms with Gasteiger partial charge in [-0.05, 0) is 24.6 Å². The Morgan fingerprint density at radius 1 is 1.12 bits per heavy atom. The van der Waals surface area contributed by atoms with Gasteiger partial charge in [-0.1, -0.05) is 48.5 Å². The van der Waals surface area contributed by atoms with Gasteiger partial charge >= 0.3 is 5.97 Å². The molecule has 0 saturated carbocycles. The summed E-state index contributed by atoms with van der Waals surface area (Å²) in [6.07, 6.45) is 0. The van der Waals surface area contributed by atoms with E-state index in [0.717, 1.165) is 27.4 Å². The van der Waals surface area contributed by atoms with Gasteiger partial charge in [-0.3, -0.25) is 0 Å². The van der Waals surface area contributed by atoms with Crippen molar-refractivity contribution in [2.45, 2.75) is 13.0 Å². The molecule has 0 aliphatic rings. The van der Waals surface area contributed by atoms with E-state index in [-0.39, 0.29) is 5.69 Å². The number of pyridine rings is 1. The number of hydrogen-bond acceptors (Lipinski definition) is 4. The van der Waals surface area contributed by atoms with Crippen molar-refractivity contribution >= 4 is 27.8 Å². The topological polar surface area (TPSA) is 81.0 Å². The normalized spacial score (nSPS) is 12.4. The smallest absolute Gasteiger partial charge is 0.356 e. The van der Waals surface area contributed by atoms with Crippen molar-refractivity contribution in [1.82, 2.24) is 9.97 Å². The summed E-state index contributed by atoms with van der Waals surface area (Å²) in [6.45, 7) is 2.07. The van der Waals surface area contributed by atoms with Gasteiger partial charge in [0.25, 0.3) is 0 Å². The van der Waals surface area contributed by atoms with Crippen LogP contribution in [0.1, 0.15) is 34.7 Å². The largest absolute Gasteiger partial charge is 0.461 e. The molecule has 0 aliphatic heterocycles. The van der Waals surface area contributed by atoms with Crippen molar-refractivity contribution in [3.05, 3.63) is 77.6 Å². The number of para-hydroxylation sites is 1. The van der Waals surface area contributed by atoms with Crippen molar-refractivity contribution in [1.29, 1.82) is 0 Å². The summed E-state index contributed by atoms with van der Waals surface area (Å²) < 4.78 is 5.15. The van der Waals surface area contributed by atoms with Crippen LogP contribution in [0.2, 0.25) is 0 Å². The van der Waals surface area contributed by atoms with Gasteiger partial charge in [0.2, 0.25) is 0 Å². The highest BCUT2D eigenvalue weighted by Gasteiger charge is 2.21. The molecule has 2 aromatic heterocycles. The van der Waals surface area contributed by atoms with Crippen LogP contribution in [0.5, 0.6) is 0 Å². The predicted molar refractivity (Wildman–Crippen MR) is 102 cm³/mol. The fourth-order valence-electron chi connectivity index (χ4n) is 3.22. The molecule has 4 aromatic rings. The summed E-state index contributed by atoms with van der Waals surface area (Å²) in [6, 6.07) is 19.0. The van der Waals surface area contributed by atoms with Crippen molar-refractivity contribution in [3.63, 3.8) is 0 Å². The molecule has 2 heterocycles. The van der Waals surface area contributed by atoms with Gasteiger partial charge in [0.15, 0.2) is 0 Å². The zero-order valence-electron chi connectivity index (χ0n) is 14.4. The molecule has 26 heavy (non-hydrogen) atoms. The number of carbonyl (C=O) groups excluding carboxylic acids is 1. The predicted octanol–water partition coefficient (Wildman–Crippen LogP) is 3.94. The summed E-state index contributed by atoms with van der Waals surface area (Å²) in [7, 11) is 0. The number of H-pyrrole nitrogens is 1. The lowest BCUT2D eigenvalue weighted by Crippen LogP contribution is -2.17. The molecule has 0 aliphatic carbocycles. The molecule has 0 saturated heterocycles. The highest BCUT2D eigenvalue weighted by Crippen LogP contribution is 2.31. The van der Waals surface area contributed by atoms with Gasteiger partial charge in [0.05, 0.1) is 23.9 Å². The van der Waals surface area contributed by atoms with E-state index in [1.54, 1.807) is 13.0 Å². The number of aromatic nitrogens is 2. The minimum Gasteiger partial charge on any atom is -0.461 e. The maximum Gasteiger partial charge on any atom is 0.356 e. The second-order valence-corrected chi connectivity index (χ2v) is 6.09. The van der Waals surface area contributed by atoms with E-state index in [0.29, 0.717) is 12.3 Å². The van der Waals surface area contributed by atoms with Crippen molar-refractivity contribution in [2.75, 3.05) is 6.61 Å². The Hall–Kier alpha value is -3.18. The average Bonchev–Trinajstić information content (AvgIpc) is 3.06. The lowest BCUT2D eigenvalue weighted by atomic mass is 10.0. The number of nitrogens with zero attached hydrogens (tertiary/aromatic N) is 1. The third-order valence-electron chi connectivity index (χ3n) is 4.46. The number of rotatable bonds is 4. The first-order valence-electron chi connectivity index (χ1n) is 8.58. The number of esters is 1. The summed E-state index contributed by atoms with van der Waals surface area (Å²) in [4.78, 5) is 20.3. The zero-order chi connectivity index (χ0) is 18.1. The molecule has 1 unspecified atom stereocenters. The monoisotopic (exact) mass is 345 g/mol. The van der Waals surface area contributed by atoms with Gasteiger partial charge in [-0.25, -0.2) is 9.78 Å². The molecule has 3 N–H and O–H groups in total. The van der Waals surface area contributed by atoms with Crippen LogP contribution in [0, 0.1) is 0 Å². The van der Waals surface area contributed by atoms with E-state index in [1.807, 2.05) is 54.6 Å². The van der Waals surface area contributed by atoms with Crippen LogP contribution in [0.15, 0.2) is 60.7 Å². The third kappa shape index (κ3) is 2.72. The molecular formula is C21H19N3O2. The molecule has 0 fully saturated rings. The molecule has 4 rings (SSSR count). The van der Waals surface area contributed by atoms with Crippen molar-refractivity contribution < 1.29 is 9.53 Å². The number of fused-ring (bicyclic) bond motifs is 3. The van der Waals surface area contributed by atoms with E-state index in [9.17, 15) is 4.79 Å². The highest BCUT2D eigenvalue weighted by atomic mass is 16.5. The lowest BCUT2D eigenvalue weighted by Gasteiger charge is -2.14. The molecule has 2 aromatic carbocycles. The zero-order valence-corrected chi connectivity index (χ0v) is 14.4. The summed E-state index contributed by atoms with van der Waals surface area (Å²) in [5.41, 5.74) is 10.2. The SMILES string of the molecule is CCOC(=O)c1cc2c([nH]c3ccccc32)c(C(N)c2ccccc2)n1. The molecule has 0 radical (unpaired) electrons. The van der Waals surface area contributed by atoms with E-state index < -0.39 is 12.0 Å². The van der Waals surface area contributed by atoms with Crippen LogP contribution in [0.3, 0.4) is 0 Å². The first-order valence-corrected chi connectivity index (χ1v) is 8.58. The highest BCUT2D eigenvalue weighted by molar-refractivity contribution is 6.09. The molecule has 5 nitrogen and oxygen atoms in total. The lowest BCUT2D eigenvalue weighted by molar-refractivity contribution is 0.0519. The summed E-state index contributed by atoms with van der Waals surface area (Å²) >= 11 is 0. The Bertz CT molecular complexity index is 1090. The van der Waals surface area contributed by atoms with Gasteiger partial charge in [0.1, 0.15) is 5.69 Å². The third-order valence-corrected chi connectivity index (χ3v) is 4.46. The number of nitrogens with two attached hydrogens (primary N) is 1. The molecule has 0 amide bonds. The average molecular weight is 345 g/mol. The maximum absolute atomic E-state index is 12.3. The Balaban J connectivity index is 1.98. The Labute approximate surface area is 150 Å². The van der Waals surface area contributed by atoms with Crippen LogP contribution in [0.4, 0.5) is 0 Å². The Morgan fingerprint density at radius 2 is 1.85 bits per heavy atom. The van der Waals surface area contributed by atoms with Crippen LogP contribution >= 0.6 is 0 Å². The summed E-state index contributed by atoms with van der Waals surface area (Å²) in [5, 5.41) is 1.94. The Kier molecular flexibility index (Phi) is 4.14. The summed E-state index contributed by atoms with van der Waals surface area (Å²) in [5.74, 6) is -0.443. The molecule has 5 heteroatoms. The van der Waals surface area contributed by atoms with Gasteiger partial charge in [0, 0.05) is 16.3 Å². The first-order chi connectivity index (χ1) is 12.7. The second kappa shape index (κ2) is 6.61. The molecule has 0 bridgehead atoms. The van der Waals surface area contributed by atoms with Gasteiger partial charge < -0.3 is 15.5 Å². The van der Waals surface area contributed by atoms with E-state index >= 15 is 0 Å². The minimum absolute atomic E-state index is 0.269. The van der Waals surface area contributed by atoms with E-state index in [2.05, 4.69) is 9.97 Å². The quantitative estimate of drug-likeness (QED) is 0.549. The molecule has 1 atom stereocenters. The number of nitrogens with one attached hydrogen (secondary N) is 1. The maximum atomic E-state index is 12.3. The standard InChI is InChI=1S/C21H19N3O2/c1-2-26-21(25)17-12-15-14-10-6-7-11-16(14)23-19(15)20(24-17)18(22)13-8-4-3-5-9-13/h3-12,18,23H,2,22H2,1H3. The Morgan fingerprint density at radius 3 is 2.62 bits per heavy atom. The van der Waals surface area contributed by atoms with Crippen LogP contribution in [-0.2, 0) is 4.74 Å². The fraction of sp³-hybridized carbons (Fsp3) is 0.143. The molecular weight excluding hydrogens is 326 g/mol. The van der Waals surface area contributed by atoms with Gasteiger partial charge in [-0.15, -0.1) is 0 Å². The van der Waals surface area contributed by atoms with Crippen molar-refractivity contribution in [2.24, 2.45) is 5.73 Å². The fourth-order valence-corrected chi connectivity index (χ4v) is 3.22. The molecule has 0 spiro atoms. The van der Waals surface area contributed by atoms with Gasteiger partial charge in [-0.2, -0.15) is 0 Å². The number of aromatic amines is 1. The number of carbonyl (C=O) groups is 1. The minimum atomic E-state index is -0.457. The van der Waals surface area contributed by atoms with Crippen LogP contribution in [-0.4, -0.2) is 22.5 Å². The molecule has 130 valence electrons. The number of benzene rings is 2. The number of hydrogen-bond donors (Lipinski definition) is 2. The van der Waals surface area contributed by atoms with E-state index in [1.165, 1.54) is 0 Å². The first kappa shape index (κ1) is 16.3. The van der Waals surface area contributed by atoms with E-state index in [4.69, 9.17) is 10.5 Å². The van der Waals surface area contributed by atoms with Crippen molar-refractivity contribution in [3.8, 4) is 0 Å².